The molecule has 0 saturated heterocycles. The Hall–Kier alpha value is -1.58. The van der Waals surface area contributed by atoms with E-state index in [1.54, 1.807) is 0 Å². The standard InChI is InChI=1S/C15H20O4/c1-9-10-8-15(12(16)18-4,13(17)19-5)7-6-11(10)14(9,2)3/h6H,7-8H2,1-5H3. The van der Waals surface area contributed by atoms with E-state index >= 15 is 0 Å². The molecule has 2 aliphatic carbocycles. The van der Waals surface area contributed by atoms with Gasteiger partial charge in [0, 0.05) is 5.41 Å². The average Bonchev–Trinajstić information content (AvgIpc) is 2.43. The summed E-state index contributed by atoms with van der Waals surface area (Å²) in [5, 5.41) is 0. The van der Waals surface area contributed by atoms with E-state index in [1.807, 2.05) is 6.08 Å². The second-order valence-electron chi connectivity index (χ2n) is 5.79. The molecule has 2 rings (SSSR count). The van der Waals surface area contributed by atoms with Crippen molar-refractivity contribution >= 4 is 11.9 Å². The van der Waals surface area contributed by atoms with Crippen LogP contribution in [0.15, 0.2) is 22.8 Å². The molecule has 0 aromatic carbocycles. The molecule has 0 aromatic rings. The van der Waals surface area contributed by atoms with Gasteiger partial charge in [0.25, 0.3) is 0 Å². The van der Waals surface area contributed by atoms with Crippen LogP contribution in [0.4, 0.5) is 0 Å². The summed E-state index contributed by atoms with van der Waals surface area (Å²) in [5.74, 6) is -1.03. The predicted octanol–water partition coefficient (Wildman–Crippen LogP) is 2.40. The van der Waals surface area contributed by atoms with Crippen LogP contribution < -0.4 is 0 Å². The van der Waals surface area contributed by atoms with Crippen molar-refractivity contribution in [3.63, 3.8) is 0 Å². The summed E-state index contributed by atoms with van der Waals surface area (Å²) < 4.78 is 9.64. The SMILES string of the molecule is COC(=O)C1(C(=O)OC)CC=C2C(=C(C)C2(C)C)C1. The molecule has 4 heteroatoms. The van der Waals surface area contributed by atoms with Gasteiger partial charge in [-0.3, -0.25) is 9.59 Å². The topological polar surface area (TPSA) is 52.6 Å². The highest BCUT2D eigenvalue weighted by atomic mass is 16.5. The van der Waals surface area contributed by atoms with Gasteiger partial charge in [-0.2, -0.15) is 0 Å². The van der Waals surface area contributed by atoms with Crippen molar-refractivity contribution < 1.29 is 19.1 Å². The average molecular weight is 264 g/mol. The molecule has 0 amide bonds. The molecular formula is C15H20O4. The number of ether oxygens (including phenoxy) is 2. The molecule has 0 aliphatic heterocycles. The normalized spacial score (nSPS) is 22.9. The lowest BCUT2D eigenvalue weighted by Crippen LogP contribution is -2.46. The van der Waals surface area contributed by atoms with Gasteiger partial charge in [0.05, 0.1) is 14.2 Å². The van der Waals surface area contributed by atoms with Crippen LogP contribution in [0.1, 0.15) is 33.6 Å². The van der Waals surface area contributed by atoms with Gasteiger partial charge in [0.15, 0.2) is 5.41 Å². The van der Waals surface area contributed by atoms with E-state index in [1.165, 1.54) is 25.4 Å². The first-order valence-electron chi connectivity index (χ1n) is 6.39. The maximum atomic E-state index is 12.1. The number of hydrogen-bond donors (Lipinski definition) is 0. The van der Waals surface area contributed by atoms with Gasteiger partial charge in [-0.05, 0) is 30.9 Å². The minimum absolute atomic E-state index is 0.0493. The summed E-state index contributed by atoms with van der Waals surface area (Å²) in [6, 6.07) is 0. The van der Waals surface area contributed by atoms with E-state index in [0.717, 1.165) is 5.57 Å². The Balaban J connectivity index is 2.44. The Morgan fingerprint density at radius 3 is 2.16 bits per heavy atom. The van der Waals surface area contributed by atoms with E-state index in [0.29, 0.717) is 12.8 Å². The van der Waals surface area contributed by atoms with Crippen LogP contribution in [0.2, 0.25) is 0 Å². The molecule has 0 aromatic heterocycles. The maximum Gasteiger partial charge on any atom is 0.323 e. The van der Waals surface area contributed by atoms with E-state index in [4.69, 9.17) is 9.47 Å². The Morgan fingerprint density at radius 2 is 1.68 bits per heavy atom. The molecule has 19 heavy (non-hydrogen) atoms. The zero-order valence-electron chi connectivity index (χ0n) is 12.1. The fourth-order valence-corrected chi connectivity index (χ4v) is 3.14. The Morgan fingerprint density at radius 1 is 1.16 bits per heavy atom. The van der Waals surface area contributed by atoms with Gasteiger partial charge in [-0.25, -0.2) is 0 Å². The third-order valence-corrected chi connectivity index (χ3v) is 4.67. The summed E-state index contributed by atoms with van der Waals surface area (Å²) in [6.45, 7) is 6.36. The molecule has 0 bridgehead atoms. The molecule has 0 N–H and O–H groups in total. The van der Waals surface area contributed by atoms with Crippen molar-refractivity contribution in [2.45, 2.75) is 33.6 Å². The van der Waals surface area contributed by atoms with Crippen LogP contribution in [0.5, 0.6) is 0 Å². The van der Waals surface area contributed by atoms with Crippen molar-refractivity contribution in [3.8, 4) is 0 Å². The zero-order valence-corrected chi connectivity index (χ0v) is 12.1. The third-order valence-electron chi connectivity index (χ3n) is 4.67. The van der Waals surface area contributed by atoms with E-state index < -0.39 is 17.4 Å². The molecule has 0 heterocycles. The minimum Gasteiger partial charge on any atom is -0.468 e. The maximum absolute atomic E-state index is 12.1. The lowest BCUT2D eigenvalue weighted by molar-refractivity contribution is -0.169. The minimum atomic E-state index is -1.21. The van der Waals surface area contributed by atoms with Crippen LogP contribution in [-0.2, 0) is 19.1 Å². The first-order chi connectivity index (χ1) is 8.81. The van der Waals surface area contributed by atoms with Crippen molar-refractivity contribution in [2.75, 3.05) is 14.2 Å². The third kappa shape index (κ3) is 1.66. The van der Waals surface area contributed by atoms with E-state index in [-0.39, 0.29) is 5.41 Å². The fourth-order valence-electron chi connectivity index (χ4n) is 3.14. The second kappa shape index (κ2) is 4.22. The van der Waals surface area contributed by atoms with Crippen LogP contribution in [0, 0.1) is 10.8 Å². The summed E-state index contributed by atoms with van der Waals surface area (Å²) in [4.78, 5) is 24.1. The molecule has 0 radical (unpaired) electrons. The molecule has 4 nitrogen and oxygen atoms in total. The van der Waals surface area contributed by atoms with E-state index in [9.17, 15) is 9.59 Å². The number of hydrogen-bond acceptors (Lipinski definition) is 4. The van der Waals surface area contributed by atoms with E-state index in [2.05, 4.69) is 20.8 Å². The Kier molecular flexibility index (Phi) is 3.07. The zero-order chi connectivity index (χ0) is 14.4. The molecule has 0 saturated carbocycles. The highest BCUT2D eigenvalue weighted by Crippen LogP contribution is 2.57. The molecule has 0 unspecified atom stereocenters. The summed E-state index contributed by atoms with van der Waals surface area (Å²) in [6.07, 6.45) is 2.72. The second-order valence-corrected chi connectivity index (χ2v) is 5.79. The van der Waals surface area contributed by atoms with Gasteiger partial charge in [0.2, 0.25) is 0 Å². The molecule has 0 atom stereocenters. The molecule has 0 fully saturated rings. The number of rotatable bonds is 2. The van der Waals surface area contributed by atoms with Crippen molar-refractivity contribution in [2.24, 2.45) is 10.8 Å². The number of carbonyl (C=O) groups is 2. The summed E-state index contributed by atoms with van der Waals surface area (Å²) >= 11 is 0. The molecule has 2 aliphatic rings. The monoisotopic (exact) mass is 264 g/mol. The van der Waals surface area contributed by atoms with Gasteiger partial charge in [0.1, 0.15) is 0 Å². The number of carbonyl (C=O) groups excluding carboxylic acids is 2. The highest BCUT2D eigenvalue weighted by molar-refractivity contribution is 6.01. The lowest BCUT2D eigenvalue weighted by atomic mass is 9.56. The van der Waals surface area contributed by atoms with Crippen molar-refractivity contribution in [1.82, 2.24) is 0 Å². The summed E-state index contributed by atoms with van der Waals surface area (Å²) in [5.41, 5.74) is 2.42. The van der Waals surface area contributed by atoms with Gasteiger partial charge in [-0.15, -0.1) is 0 Å². The largest absolute Gasteiger partial charge is 0.468 e. The Bertz CT molecular complexity index is 492. The predicted molar refractivity (Wildman–Crippen MR) is 70.3 cm³/mol. The molecule has 0 spiro atoms. The first-order valence-corrected chi connectivity index (χ1v) is 6.39. The number of fused-ring (bicyclic) bond motifs is 1. The first kappa shape index (κ1) is 13.8. The quantitative estimate of drug-likeness (QED) is 0.567. The van der Waals surface area contributed by atoms with Crippen molar-refractivity contribution in [1.29, 1.82) is 0 Å². The molecule has 104 valence electrons. The van der Waals surface area contributed by atoms with Crippen LogP contribution in [-0.4, -0.2) is 26.2 Å². The van der Waals surface area contributed by atoms with Crippen LogP contribution >= 0.6 is 0 Å². The van der Waals surface area contributed by atoms with Crippen LogP contribution in [0.25, 0.3) is 0 Å². The van der Waals surface area contributed by atoms with Gasteiger partial charge >= 0.3 is 11.9 Å². The summed E-state index contributed by atoms with van der Waals surface area (Å²) in [7, 11) is 2.61. The van der Waals surface area contributed by atoms with Gasteiger partial charge < -0.3 is 9.47 Å². The number of methoxy groups -OCH3 is 2. The van der Waals surface area contributed by atoms with Gasteiger partial charge in [-0.1, -0.05) is 25.5 Å². The fraction of sp³-hybridized carbons (Fsp3) is 0.600. The van der Waals surface area contributed by atoms with Crippen LogP contribution in [0.3, 0.4) is 0 Å². The number of esters is 2. The smallest absolute Gasteiger partial charge is 0.323 e. The van der Waals surface area contributed by atoms with Crippen molar-refractivity contribution in [3.05, 3.63) is 22.8 Å². The number of allylic oxidation sites excluding steroid dienone is 4. The lowest BCUT2D eigenvalue weighted by Gasteiger charge is -2.48. The Labute approximate surface area is 113 Å². The highest BCUT2D eigenvalue weighted by Gasteiger charge is 2.54. The molecular weight excluding hydrogens is 244 g/mol.